The standard InChI is InChI=1S/C36H29GeNO2/c1-3-37(4-2)31-16-10-11-17-33(31)38(27-14-6-5-7-15-27)34-19-18-24(21-32(34)37)20-30-35(39)28-22-25-12-8-9-13-26(25)23-29(28)36(30)40/h5-23H,3-4H2,1-2H3. The zero-order valence-corrected chi connectivity index (χ0v) is 24.7. The molecular weight excluding hydrogens is 551 g/mol. The normalized spacial score (nSPS) is 15.2. The number of para-hydroxylation sites is 2. The molecule has 0 spiro atoms. The molecule has 1 aliphatic heterocycles. The summed E-state index contributed by atoms with van der Waals surface area (Å²) in [6.45, 7) is 4.66. The van der Waals surface area contributed by atoms with Gasteiger partial charge in [0.15, 0.2) is 0 Å². The molecule has 0 unspecified atom stereocenters. The zero-order chi connectivity index (χ0) is 27.4. The van der Waals surface area contributed by atoms with Crippen molar-refractivity contribution in [2.24, 2.45) is 0 Å². The molecule has 1 heterocycles. The third-order valence-corrected chi connectivity index (χ3v) is 20.0. The number of ketones is 2. The van der Waals surface area contributed by atoms with Gasteiger partial charge in [-0.15, -0.1) is 0 Å². The molecule has 1 aliphatic carbocycles. The number of hydrogen-bond acceptors (Lipinski definition) is 3. The summed E-state index contributed by atoms with van der Waals surface area (Å²) in [6.07, 6.45) is 1.82. The van der Waals surface area contributed by atoms with Gasteiger partial charge in [-0.3, -0.25) is 0 Å². The third-order valence-electron chi connectivity index (χ3n) is 8.83. The number of hydrogen-bond donors (Lipinski definition) is 0. The van der Waals surface area contributed by atoms with Crippen molar-refractivity contribution in [2.45, 2.75) is 24.4 Å². The van der Waals surface area contributed by atoms with E-state index in [1.165, 1.54) is 20.2 Å². The Morgan fingerprint density at radius 2 is 1.20 bits per heavy atom. The summed E-state index contributed by atoms with van der Waals surface area (Å²) in [4.78, 5) is 29.4. The van der Waals surface area contributed by atoms with E-state index in [0.29, 0.717) is 11.1 Å². The number of rotatable bonds is 4. The number of carbonyl (C=O) groups excluding carboxylic acids is 2. The van der Waals surface area contributed by atoms with Crippen LogP contribution in [0.25, 0.3) is 16.8 Å². The molecule has 2 aliphatic rings. The second-order valence-electron chi connectivity index (χ2n) is 10.7. The summed E-state index contributed by atoms with van der Waals surface area (Å²) in [7, 11) is 0. The molecule has 3 nitrogen and oxygen atoms in total. The molecule has 5 aromatic rings. The maximum atomic E-state index is 13.5. The predicted molar refractivity (Wildman–Crippen MR) is 168 cm³/mol. The first-order chi connectivity index (χ1) is 19.6. The minimum atomic E-state index is -2.78. The van der Waals surface area contributed by atoms with Crippen LogP contribution in [0.3, 0.4) is 0 Å². The molecule has 4 heteroatoms. The average Bonchev–Trinajstić information content (AvgIpc) is 3.23. The fraction of sp³-hybridized carbons (Fsp3) is 0.111. The molecule has 0 radical (unpaired) electrons. The van der Waals surface area contributed by atoms with Crippen LogP contribution in [0.5, 0.6) is 0 Å². The van der Waals surface area contributed by atoms with Gasteiger partial charge in [0, 0.05) is 0 Å². The number of Topliss-reactive ketones (excluding diaryl/α,β-unsaturated/α-hetero) is 2. The Labute approximate surface area is 237 Å². The topological polar surface area (TPSA) is 37.4 Å². The van der Waals surface area contributed by atoms with Crippen LogP contribution < -0.4 is 13.7 Å². The van der Waals surface area contributed by atoms with Gasteiger partial charge in [0.25, 0.3) is 0 Å². The molecule has 0 amide bonds. The van der Waals surface area contributed by atoms with E-state index < -0.39 is 13.3 Å². The van der Waals surface area contributed by atoms with E-state index in [-0.39, 0.29) is 17.1 Å². The average molecular weight is 580 g/mol. The van der Waals surface area contributed by atoms with Crippen LogP contribution in [0.1, 0.15) is 40.1 Å². The Bertz CT molecular complexity index is 1810. The van der Waals surface area contributed by atoms with Crippen LogP contribution in [-0.2, 0) is 0 Å². The zero-order valence-electron chi connectivity index (χ0n) is 22.6. The van der Waals surface area contributed by atoms with E-state index in [2.05, 4.69) is 85.5 Å². The van der Waals surface area contributed by atoms with Gasteiger partial charge >= 0.3 is 238 Å². The van der Waals surface area contributed by atoms with Crippen molar-refractivity contribution in [3.63, 3.8) is 0 Å². The van der Waals surface area contributed by atoms with Crippen LogP contribution in [0.2, 0.25) is 10.5 Å². The van der Waals surface area contributed by atoms with Crippen LogP contribution in [0.4, 0.5) is 17.1 Å². The Kier molecular flexibility index (Phi) is 5.86. The van der Waals surface area contributed by atoms with Crippen molar-refractivity contribution in [3.05, 3.63) is 131 Å². The molecule has 0 atom stereocenters. The van der Waals surface area contributed by atoms with Gasteiger partial charge in [-0.25, -0.2) is 0 Å². The van der Waals surface area contributed by atoms with Gasteiger partial charge in [0.2, 0.25) is 0 Å². The monoisotopic (exact) mass is 581 g/mol. The van der Waals surface area contributed by atoms with E-state index in [0.717, 1.165) is 32.5 Å². The Hall–Kier alpha value is -4.22. The molecular formula is C36H29GeNO2. The van der Waals surface area contributed by atoms with Crippen molar-refractivity contribution < 1.29 is 9.59 Å². The van der Waals surface area contributed by atoms with E-state index in [4.69, 9.17) is 0 Å². The van der Waals surface area contributed by atoms with Crippen molar-refractivity contribution in [2.75, 3.05) is 4.90 Å². The second kappa shape index (κ2) is 9.46. The molecule has 0 bridgehead atoms. The van der Waals surface area contributed by atoms with E-state index in [9.17, 15) is 9.59 Å². The number of carbonyl (C=O) groups is 2. The second-order valence-corrected chi connectivity index (χ2v) is 20.5. The van der Waals surface area contributed by atoms with Crippen LogP contribution in [0, 0.1) is 0 Å². The molecule has 194 valence electrons. The number of anilines is 3. The Morgan fingerprint density at radius 3 is 1.85 bits per heavy atom. The van der Waals surface area contributed by atoms with Crippen molar-refractivity contribution >= 4 is 67.5 Å². The van der Waals surface area contributed by atoms with Gasteiger partial charge in [0.1, 0.15) is 0 Å². The molecule has 0 aromatic heterocycles. The molecule has 0 fully saturated rings. The summed E-state index contributed by atoms with van der Waals surface area (Å²) in [5.41, 5.74) is 5.81. The Morgan fingerprint density at radius 1 is 0.625 bits per heavy atom. The van der Waals surface area contributed by atoms with Crippen molar-refractivity contribution in [3.8, 4) is 0 Å². The molecule has 40 heavy (non-hydrogen) atoms. The van der Waals surface area contributed by atoms with Crippen LogP contribution in [-0.4, -0.2) is 24.8 Å². The van der Waals surface area contributed by atoms with Crippen LogP contribution >= 0.6 is 0 Å². The quantitative estimate of drug-likeness (QED) is 0.124. The molecule has 5 aromatic carbocycles. The molecule has 0 saturated heterocycles. The number of benzene rings is 5. The Balaban J connectivity index is 1.40. The van der Waals surface area contributed by atoms with E-state index in [1.54, 1.807) is 0 Å². The SMILES string of the molecule is C[CH2][Ge]1([CH2]C)[c]2ccccc2N(c2ccccc2)c2ccc(C=C3C(=O)c4cc5ccccc5cc4C3=O)c[c]21. The van der Waals surface area contributed by atoms with Gasteiger partial charge in [-0.1, -0.05) is 0 Å². The summed E-state index contributed by atoms with van der Waals surface area (Å²) in [5.74, 6) is -0.364. The molecule has 0 saturated carbocycles. The number of nitrogens with zero attached hydrogens (tertiary/aromatic N) is 1. The summed E-state index contributed by atoms with van der Waals surface area (Å²) < 4.78 is 2.89. The summed E-state index contributed by atoms with van der Waals surface area (Å²) >= 11 is -2.78. The first-order valence-electron chi connectivity index (χ1n) is 14.0. The van der Waals surface area contributed by atoms with Crippen molar-refractivity contribution in [1.82, 2.24) is 0 Å². The molecule has 0 N–H and O–H groups in total. The fourth-order valence-electron chi connectivity index (χ4n) is 6.74. The first kappa shape index (κ1) is 24.8. The van der Waals surface area contributed by atoms with Gasteiger partial charge in [-0.2, -0.15) is 0 Å². The molecule has 7 rings (SSSR count). The maximum absolute atomic E-state index is 13.5. The number of allylic oxidation sites excluding steroid dienone is 1. The minimum absolute atomic E-state index is 0.182. The van der Waals surface area contributed by atoms with E-state index >= 15 is 0 Å². The summed E-state index contributed by atoms with van der Waals surface area (Å²) in [6, 6.07) is 37.6. The number of fused-ring (bicyclic) bond motifs is 4. The van der Waals surface area contributed by atoms with E-state index in [1.807, 2.05) is 48.5 Å². The van der Waals surface area contributed by atoms with Gasteiger partial charge in [-0.05, 0) is 0 Å². The fourth-order valence-corrected chi connectivity index (χ4v) is 16.3. The third kappa shape index (κ3) is 3.57. The van der Waals surface area contributed by atoms with Gasteiger partial charge in [0.05, 0.1) is 0 Å². The van der Waals surface area contributed by atoms with Gasteiger partial charge < -0.3 is 0 Å². The first-order valence-corrected chi connectivity index (χ1v) is 19.1. The van der Waals surface area contributed by atoms with Crippen LogP contribution in [0.15, 0.2) is 115 Å². The predicted octanol–water partition coefficient (Wildman–Crippen LogP) is 7.69. The summed E-state index contributed by atoms with van der Waals surface area (Å²) in [5, 5.41) is 4.19. The van der Waals surface area contributed by atoms with Crippen molar-refractivity contribution in [1.29, 1.82) is 0 Å².